The summed E-state index contributed by atoms with van der Waals surface area (Å²) in [6.07, 6.45) is 0.893. The summed E-state index contributed by atoms with van der Waals surface area (Å²) in [4.78, 5) is 39.4. The minimum Gasteiger partial charge on any atom is -0.350 e. The smallest absolute Gasteiger partial charge is 0.265 e. The molecule has 4 N–H and O–H groups in total. The van der Waals surface area contributed by atoms with Crippen molar-refractivity contribution in [3.05, 3.63) is 70.2 Å². The summed E-state index contributed by atoms with van der Waals surface area (Å²) < 4.78 is 0. The first-order valence-corrected chi connectivity index (χ1v) is 11.0. The molecule has 3 rings (SSSR count). The Morgan fingerprint density at radius 1 is 1.09 bits per heavy atom. The lowest BCUT2D eigenvalue weighted by atomic mass is 10.1. The van der Waals surface area contributed by atoms with Crippen molar-refractivity contribution in [1.29, 1.82) is 0 Å². The van der Waals surface area contributed by atoms with E-state index in [0.717, 1.165) is 17.5 Å². The fourth-order valence-corrected chi connectivity index (χ4v) is 3.77. The van der Waals surface area contributed by atoms with Crippen molar-refractivity contribution in [3.8, 4) is 0 Å². The van der Waals surface area contributed by atoms with Gasteiger partial charge in [0.25, 0.3) is 5.91 Å². The van der Waals surface area contributed by atoms with Crippen molar-refractivity contribution in [2.45, 2.75) is 25.9 Å². The predicted octanol–water partition coefficient (Wildman–Crippen LogP) is 1.34. The standard InChI is InChI=1S/C23H28ClN5O3/c1-2-16-7-9-17(10-8-16)22(31)27-28-11-12-29(21(30)13-25)20(15-28)23(32)26-14-18-5-3-4-6-19(18)24/h3-10,20H,2,11-15,25H2,1H3,(H,26,32)(H,27,31). The maximum atomic E-state index is 13.0. The Hall–Kier alpha value is -2.94. The number of carbonyl (C=O) groups excluding carboxylic acids is 3. The molecule has 8 nitrogen and oxygen atoms in total. The molecule has 2 aromatic rings. The summed E-state index contributed by atoms with van der Waals surface area (Å²) >= 11 is 6.16. The van der Waals surface area contributed by atoms with E-state index in [1.807, 2.05) is 37.3 Å². The Labute approximate surface area is 192 Å². The Morgan fingerprint density at radius 2 is 1.81 bits per heavy atom. The summed E-state index contributed by atoms with van der Waals surface area (Å²) in [6.45, 7) is 2.90. The molecule has 1 aliphatic heterocycles. The molecule has 0 radical (unpaired) electrons. The topological polar surface area (TPSA) is 108 Å². The van der Waals surface area contributed by atoms with Gasteiger partial charge in [-0.1, -0.05) is 48.9 Å². The van der Waals surface area contributed by atoms with E-state index >= 15 is 0 Å². The van der Waals surface area contributed by atoms with Crippen molar-refractivity contribution in [2.24, 2.45) is 5.73 Å². The van der Waals surface area contributed by atoms with E-state index in [4.69, 9.17) is 17.3 Å². The van der Waals surface area contributed by atoms with Crippen LogP contribution in [0.2, 0.25) is 5.02 Å². The number of aryl methyl sites for hydroxylation is 1. The number of nitrogens with two attached hydrogens (primary N) is 1. The van der Waals surface area contributed by atoms with E-state index in [1.165, 1.54) is 4.90 Å². The summed E-state index contributed by atoms with van der Waals surface area (Å²) in [5, 5.41) is 5.05. The normalized spacial score (nSPS) is 16.5. The van der Waals surface area contributed by atoms with Crippen molar-refractivity contribution in [1.82, 2.24) is 20.7 Å². The predicted molar refractivity (Wildman–Crippen MR) is 123 cm³/mol. The highest BCUT2D eigenvalue weighted by atomic mass is 35.5. The number of halogens is 1. The highest BCUT2D eigenvalue weighted by Gasteiger charge is 2.35. The number of hydrogen-bond acceptors (Lipinski definition) is 5. The number of amides is 3. The van der Waals surface area contributed by atoms with Gasteiger partial charge in [0, 0.05) is 36.8 Å². The second kappa shape index (κ2) is 11.1. The van der Waals surface area contributed by atoms with Crippen molar-refractivity contribution in [2.75, 3.05) is 26.2 Å². The molecule has 2 aromatic carbocycles. The molecule has 170 valence electrons. The molecule has 0 aromatic heterocycles. The van der Waals surface area contributed by atoms with Gasteiger partial charge in [0.15, 0.2) is 0 Å². The third kappa shape index (κ3) is 5.85. The number of nitrogens with one attached hydrogen (secondary N) is 2. The van der Waals surface area contributed by atoms with E-state index in [9.17, 15) is 14.4 Å². The zero-order chi connectivity index (χ0) is 23.1. The third-order valence-corrected chi connectivity index (χ3v) is 5.84. The number of piperazine rings is 1. The van der Waals surface area contributed by atoms with Crippen LogP contribution < -0.4 is 16.5 Å². The zero-order valence-corrected chi connectivity index (χ0v) is 18.8. The number of hydrogen-bond donors (Lipinski definition) is 3. The summed E-state index contributed by atoms with van der Waals surface area (Å²) in [7, 11) is 0. The summed E-state index contributed by atoms with van der Waals surface area (Å²) in [5.41, 5.74) is 10.8. The second-order valence-corrected chi connectivity index (χ2v) is 7.96. The Balaban J connectivity index is 1.66. The van der Waals surface area contributed by atoms with E-state index in [-0.39, 0.29) is 43.9 Å². The maximum absolute atomic E-state index is 13.0. The molecule has 1 saturated heterocycles. The first-order valence-electron chi connectivity index (χ1n) is 10.6. The molecule has 9 heteroatoms. The number of hydrazine groups is 1. The lowest BCUT2D eigenvalue weighted by Crippen LogP contribution is -2.64. The van der Waals surface area contributed by atoms with Crippen LogP contribution in [0.25, 0.3) is 0 Å². The Morgan fingerprint density at radius 3 is 2.47 bits per heavy atom. The highest BCUT2D eigenvalue weighted by molar-refractivity contribution is 6.31. The lowest BCUT2D eigenvalue weighted by molar-refractivity contribution is -0.143. The SMILES string of the molecule is CCc1ccc(C(=O)NN2CCN(C(=O)CN)C(C(=O)NCc3ccccc3Cl)C2)cc1. The monoisotopic (exact) mass is 457 g/mol. The van der Waals surface area contributed by atoms with Crippen LogP contribution in [0.3, 0.4) is 0 Å². The number of carbonyl (C=O) groups is 3. The molecule has 0 aliphatic carbocycles. The Bertz CT molecular complexity index is 966. The van der Waals surface area contributed by atoms with Crippen LogP contribution in [-0.4, -0.2) is 59.9 Å². The van der Waals surface area contributed by atoms with Crippen LogP contribution >= 0.6 is 11.6 Å². The van der Waals surface area contributed by atoms with Crippen molar-refractivity contribution in [3.63, 3.8) is 0 Å². The van der Waals surface area contributed by atoms with Gasteiger partial charge in [-0.2, -0.15) is 0 Å². The molecule has 1 fully saturated rings. The summed E-state index contributed by atoms with van der Waals surface area (Å²) in [5.74, 6) is -0.913. The summed E-state index contributed by atoms with van der Waals surface area (Å²) in [6, 6.07) is 13.8. The van der Waals surface area contributed by atoms with Crippen LogP contribution in [0.1, 0.15) is 28.4 Å². The van der Waals surface area contributed by atoms with Gasteiger partial charge in [-0.05, 0) is 35.7 Å². The molecule has 0 bridgehead atoms. The molecule has 32 heavy (non-hydrogen) atoms. The van der Waals surface area contributed by atoms with Gasteiger partial charge in [0.1, 0.15) is 6.04 Å². The molecule has 1 atom stereocenters. The zero-order valence-electron chi connectivity index (χ0n) is 18.0. The number of nitrogens with zero attached hydrogens (tertiary/aromatic N) is 2. The fraction of sp³-hybridized carbons (Fsp3) is 0.348. The van der Waals surface area contributed by atoms with E-state index in [0.29, 0.717) is 17.1 Å². The average Bonchev–Trinajstić information content (AvgIpc) is 2.82. The van der Waals surface area contributed by atoms with Crippen molar-refractivity contribution >= 4 is 29.3 Å². The largest absolute Gasteiger partial charge is 0.350 e. The first-order chi connectivity index (χ1) is 15.4. The van der Waals surface area contributed by atoms with Crippen LogP contribution in [0.15, 0.2) is 48.5 Å². The average molecular weight is 458 g/mol. The van der Waals surface area contributed by atoms with Gasteiger partial charge >= 0.3 is 0 Å². The minimum atomic E-state index is -0.787. The second-order valence-electron chi connectivity index (χ2n) is 7.55. The van der Waals surface area contributed by atoms with E-state index in [2.05, 4.69) is 10.7 Å². The van der Waals surface area contributed by atoms with Gasteiger partial charge in [-0.15, -0.1) is 0 Å². The van der Waals surface area contributed by atoms with Crippen LogP contribution in [0, 0.1) is 0 Å². The van der Waals surface area contributed by atoms with Crippen LogP contribution in [0.5, 0.6) is 0 Å². The molecular formula is C23H28ClN5O3. The third-order valence-electron chi connectivity index (χ3n) is 5.47. The Kier molecular flexibility index (Phi) is 8.21. The lowest BCUT2D eigenvalue weighted by Gasteiger charge is -2.40. The van der Waals surface area contributed by atoms with Gasteiger partial charge in [0.2, 0.25) is 11.8 Å². The van der Waals surface area contributed by atoms with E-state index in [1.54, 1.807) is 23.2 Å². The van der Waals surface area contributed by atoms with E-state index < -0.39 is 6.04 Å². The van der Waals surface area contributed by atoms with Crippen molar-refractivity contribution < 1.29 is 14.4 Å². The molecule has 0 saturated carbocycles. The van der Waals surface area contributed by atoms with Crippen LogP contribution in [-0.2, 0) is 22.6 Å². The first kappa shape index (κ1) is 23.7. The molecule has 1 heterocycles. The quantitative estimate of drug-likeness (QED) is 0.581. The molecule has 0 spiro atoms. The van der Waals surface area contributed by atoms with Gasteiger partial charge in [0.05, 0.1) is 6.54 Å². The molecule has 3 amide bonds. The fourth-order valence-electron chi connectivity index (χ4n) is 3.57. The molecular weight excluding hydrogens is 430 g/mol. The van der Waals surface area contributed by atoms with Crippen LogP contribution in [0.4, 0.5) is 0 Å². The number of rotatable bonds is 7. The van der Waals surface area contributed by atoms with Gasteiger partial charge in [-0.25, -0.2) is 5.01 Å². The van der Waals surface area contributed by atoms with Gasteiger partial charge < -0.3 is 16.0 Å². The highest BCUT2D eigenvalue weighted by Crippen LogP contribution is 2.15. The number of benzene rings is 2. The molecule has 1 aliphatic rings. The molecule has 1 unspecified atom stereocenters. The van der Waals surface area contributed by atoms with Gasteiger partial charge in [-0.3, -0.25) is 19.8 Å². The minimum absolute atomic E-state index is 0.152. The maximum Gasteiger partial charge on any atom is 0.265 e.